The number of amides is 1. The molecule has 8 heteroatoms. The third kappa shape index (κ3) is 4.06. The zero-order chi connectivity index (χ0) is 22.2. The third-order valence-corrected chi connectivity index (χ3v) is 9.08. The highest BCUT2D eigenvalue weighted by molar-refractivity contribution is 7.18. The number of halogens is 1. The Morgan fingerprint density at radius 3 is 2.84 bits per heavy atom. The van der Waals surface area contributed by atoms with Crippen LogP contribution < -0.4 is 0 Å². The van der Waals surface area contributed by atoms with E-state index in [1.807, 2.05) is 22.4 Å². The summed E-state index contributed by atoms with van der Waals surface area (Å²) in [4.78, 5) is 33.1. The van der Waals surface area contributed by atoms with E-state index in [-0.39, 0.29) is 35.5 Å². The number of aliphatic carboxylic acids is 1. The van der Waals surface area contributed by atoms with E-state index in [0.717, 1.165) is 40.3 Å². The second-order valence-electron chi connectivity index (χ2n) is 8.77. The number of hydrogen-bond acceptors (Lipinski definition) is 5. The fraction of sp³-hybridized carbons (Fsp3) is 0.458. The van der Waals surface area contributed by atoms with Crippen molar-refractivity contribution in [1.29, 1.82) is 0 Å². The molecule has 32 heavy (non-hydrogen) atoms. The topological polar surface area (TPSA) is 70.5 Å². The van der Waals surface area contributed by atoms with Gasteiger partial charge in [0.05, 0.1) is 22.1 Å². The Morgan fingerprint density at radius 2 is 2.06 bits per heavy atom. The molecular weight excluding hydrogens is 447 g/mol. The highest BCUT2D eigenvalue weighted by Gasteiger charge is 2.44. The second-order valence-corrected chi connectivity index (χ2v) is 10.8. The Bertz CT molecular complexity index is 1130. The first-order chi connectivity index (χ1) is 15.5. The first kappa shape index (κ1) is 21.5. The predicted octanol–water partition coefficient (Wildman–Crippen LogP) is 5.51. The fourth-order valence-corrected chi connectivity index (χ4v) is 7.40. The summed E-state index contributed by atoms with van der Waals surface area (Å²) in [5, 5.41) is 12.5. The molecule has 1 aliphatic heterocycles. The van der Waals surface area contributed by atoms with Crippen molar-refractivity contribution in [2.75, 3.05) is 6.54 Å². The van der Waals surface area contributed by atoms with Crippen LogP contribution >= 0.6 is 22.7 Å². The number of piperidine rings is 1. The number of thiophene rings is 1. The molecule has 0 bridgehead atoms. The number of carbonyl (C=O) groups is 2. The molecule has 1 aliphatic carbocycles. The van der Waals surface area contributed by atoms with Gasteiger partial charge in [-0.1, -0.05) is 18.9 Å². The standard InChI is InChI=1S/C24H25FN2O3S2/c25-14-7-8-21-18(12-14)26-23(32-21)17(20-6-3-11-31-20)13-22(28)27-10-9-16(24(29)30)15-4-1-2-5-19(15)27/h3,6-8,11-12,15-17,19H,1-2,4-5,9-10,13H2,(H,29,30). The summed E-state index contributed by atoms with van der Waals surface area (Å²) in [7, 11) is 0. The summed E-state index contributed by atoms with van der Waals surface area (Å²) in [6.07, 6.45) is 4.64. The highest BCUT2D eigenvalue weighted by Crippen LogP contribution is 2.41. The van der Waals surface area contributed by atoms with E-state index >= 15 is 0 Å². The van der Waals surface area contributed by atoms with Gasteiger partial charge < -0.3 is 10.0 Å². The summed E-state index contributed by atoms with van der Waals surface area (Å²) in [6.45, 7) is 0.499. The SMILES string of the molecule is O=C(O)C1CCN(C(=O)CC(c2cccs2)c2nc3cc(F)ccc3s2)C2CCCCC12. The molecule has 5 rings (SSSR count). The molecule has 0 radical (unpaired) electrons. The monoisotopic (exact) mass is 472 g/mol. The third-order valence-electron chi connectivity index (χ3n) is 6.95. The van der Waals surface area contributed by atoms with Crippen molar-refractivity contribution in [3.8, 4) is 0 Å². The molecule has 2 fully saturated rings. The zero-order valence-corrected chi connectivity index (χ0v) is 19.2. The number of fused-ring (bicyclic) bond motifs is 2. The molecule has 1 saturated carbocycles. The van der Waals surface area contributed by atoms with E-state index in [1.165, 1.54) is 23.5 Å². The van der Waals surface area contributed by atoms with Crippen LogP contribution in [-0.4, -0.2) is 39.5 Å². The van der Waals surface area contributed by atoms with E-state index < -0.39 is 5.97 Å². The minimum absolute atomic E-state index is 0.0135. The van der Waals surface area contributed by atoms with Crippen molar-refractivity contribution in [3.05, 3.63) is 51.4 Å². The summed E-state index contributed by atoms with van der Waals surface area (Å²) in [6, 6.07) is 8.62. The Labute approximate surface area is 193 Å². The van der Waals surface area contributed by atoms with Crippen molar-refractivity contribution in [1.82, 2.24) is 9.88 Å². The predicted molar refractivity (Wildman–Crippen MR) is 124 cm³/mol. The molecule has 2 aliphatic rings. The molecule has 2 aromatic heterocycles. The molecule has 4 unspecified atom stereocenters. The van der Waals surface area contributed by atoms with Gasteiger partial charge in [-0.2, -0.15) is 0 Å². The number of benzene rings is 1. The first-order valence-corrected chi connectivity index (χ1v) is 12.8. The summed E-state index contributed by atoms with van der Waals surface area (Å²) in [5.41, 5.74) is 0.619. The summed E-state index contributed by atoms with van der Waals surface area (Å²) >= 11 is 3.11. The molecule has 1 N–H and O–H groups in total. The molecule has 1 saturated heterocycles. The number of nitrogens with zero attached hydrogens (tertiary/aromatic N) is 2. The maximum absolute atomic E-state index is 13.7. The van der Waals surface area contributed by atoms with Gasteiger partial charge in [0.15, 0.2) is 0 Å². The number of aromatic nitrogens is 1. The average Bonchev–Trinajstić information content (AvgIpc) is 3.46. The van der Waals surface area contributed by atoms with Gasteiger partial charge in [0.2, 0.25) is 5.91 Å². The van der Waals surface area contributed by atoms with Gasteiger partial charge in [0.25, 0.3) is 0 Å². The van der Waals surface area contributed by atoms with Gasteiger partial charge in [-0.05, 0) is 48.8 Å². The Kier molecular flexibility index (Phi) is 5.99. The van der Waals surface area contributed by atoms with Crippen molar-refractivity contribution < 1.29 is 19.1 Å². The van der Waals surface area contributed by atoms with Crippen LogP contribution in [0, 0.1) is 17.7 Å². The maximum Gasteiger partial charge on any atom is 0.306 e. The second kappa shape index (κ2) is 8.90. The number of hydrogen-bond donors (Lipinski definition) is 1. The molecule has 4 atom stereocenters. The molecular formula is C24H25FN2O3S2. The van der Waals surface area contributed by atoms with E-state index in [1.54, 1.807) is 17.4 Å². The van der Waals surface area contributed by atoms with Crippen LogP contribution in [0.25, 0.3) is 10.2 Å². The van der Waals surface area contributed by atoms with E-state index in [2.05, 4.69) is 4.98 Å². The van der Waals surface area contributed by atoms with E-state index in [0.29, 0.717) is 24.9 Å². The lowest BCUT2D eigenvalue weighted by Crippen LogP contribution is -2.54. The number of rotatable bonds is 5. The Morgan fingerprint density at radius 1 is 1.22 bits per heavy atom. The average molecular weight is 473 g/mol. The van der Waals surface area contributed by atoms with Crippen LogP contribution in [0.4, 0.5) is 4.39 Å². The van der Waals surface area contributed by atoms with Gasteiger partial charge in [-0.3, -0.25) is 9.59 Å². The van der Waals surface area contributed by atoms with Crippen molar-refractivity contribution in [2.24, 2.45) is 11.8 Å². The zero-order valence-electron chi connectivity index (χ0n) is 17.6. The lowest BCUT2D eigenvalue weighted by atomic mass is 9.71. The molecule has 5 nitrogen and oxygen atoms in total. The van der Waals surface area contributed by atoms with Gasteiger partial charge in [-0.25, -0.2) is 9.37 Å². The molecule has 168 valence electrons. The smallest absolute Gasteiger partial charge is 0.306 e. The normalized spacial score (nSPS) is 24.3. The Balaban J connectivity index is 1.42. The Hall–Kier alpha value is -2.32. The fourth-order valence-electron chi connectivity index (χ4n) is 5.43. The molecule has 3 aromatic rings. The molecule has 0 spiro atoms. The van der Waals surface area contributed by atoms with Crippen molar-refractivity contribution in [3.63, 3.8) is 0 Å². The van der Waals surface area contributed by atoms with Crippen LogP contribution in [0.3, 0.4) is 0 Å². The number of carboxylic acid groups (broad SMARTS) is 1. The van der Waals surface area contributed by atoms with Crippen molar-refractivity contribution >= 4 is 44.8 Å². The molecule has 1 aromatic carbocycles. The van der Waals surface area contributed by atoms with Gasteiger partial charge in [-0.15, -0.1) is 22.7 Å². The summed E-state index contributed by atoms with van der Waals surface area (Å²) < 4.78 is 14.6. The molecule has 3 heterocycles. The molecule has 1 amide bonds. The van der Waals surface area contributed by atoms with Crippen LogP contribution in [-0.2, 0) is 9.59 Å². The van der Waals surface area contributed by atoms with Gasteiger partial charge >= 0.3 is 5.97 Å². The van der Waals surface area contributed by atoms with Crippen LogP contribution in [0.2, 0.25) is 0 Å². The summed E-state index contributed by atoms with van der Waals surface area (Å²) in [5.74, 6) is -1.46. The van der Waals surface area contributed by atoms with Gasteiger partial charge in [0.1, 0.15) is 10.8 Å². The maximum atomic E-state index is 13.7. The largest absolute Gasteiger partial charge is 0.481 e. The lowest BCUT2D eigenvalue weighted by molar-refractivity contribution is -0.153. The number of carbonyl (C=O) groups excluding carboxylic acids is 1. The lowest BCUT2D eigenvalue weighted by Gasteiger charge is -2.47. The minimum atomic E-state index is -0.729. The van der Waals surface area contributed by atoms with Crippen LogP contribution in [0.1, 0.15) is 54.3 Å². The first-order valence-electron chi connectivity index (χ1n) is 11.1. The number of thiazole rings is 1. The number of likely N-dealkylation sites (tertiary alicyclic amines) is 1. The number of carboxylic acids is 1. The van der Waals surface area contributed by atoms with Crippen LogP contribution in [0.5, 0.6) is 0 Å². The van der Waals surface area contributed by atoms with E-state index in [9.17, 15) is 19.1 Å². The van der Waals surface area contributed by atoms with E-state index in [4.69, 9.17) is 0 Å². The highest BCUT2D eigenvalue weighted by atomic mass is 32.1. The van der Waals surface area contributed by atoms with Gasteiger partial charge in [0, 0.05) is 30.0 Å². The van der Waals surface area contributed by atoms with Crippen molar-refractivity contribution in [2.45, 2.75) is 50.5 Å². The quantitative estimate of drug-likeness (QED) is 0.531. The minimum Gasteiger partial charge on any atom is -0.481 e. The van der Waals surface area contributed by atoms with Crippen LogP contribution in [0.15, 0.2) is 35.7 Å².